The molecule has 0 bridgehead atoms. The van der Waals surface area contributed by atoms with Crippen LogP contribution in [0.4, 0.5) is 5.69 Å². The summed E-state index contributed by atoms with van der Waals surface area (Å²) in [5.74, 6) is -0.133. The molecule has 1 amide bonds. The lowest BCUT2D eigenvalue weighted by Crippen LogP contribution is -2.26. The van der Waals surface area contributed by atoms with Gasteiger partial charge in [0.2, 0.25) is 0 Å². The first-order valence-corrected chi connectivity index (χ1v) is 9.03. The van der Waals surface area contributed by atoms with E-state index >= 15 is 0 Å². The van der Waals surface area contributed by atoms with Crippen LogP contribution in [-0.2, 0) is 18.4 Å². The molecule has 1 aliphatic heterocycles. The first kappa shape index (κ1) is 20.8. The zero-order valence-corrected chi connectivity index (χ0v) is 17.3. The van der Waals surface area contributed by atoms with Gasteiger partial charge in [0.05, 0.1) is 0 Å². The van der Waals surface area contributed by atoms with Gasteiger partial charge in [-0.2, -0.15) is 0 Å². The van der Waals surface area contributed by atoms with Gasteiger partial charge in [0, 0.05) is 29.4 Å². The summed E-state index contributed by atoms with van der Waals surface area (Å²) in [5, 5.41) is 3.62. The van der Waals surface area contributed by atoms with Crippen molar-refractivity contribution in [2.45, 2.75) is 39.2 Å². The zero-order valence-electron chi connectivity index (χ0n) is 15.7. The molecule has 0 atom stereocenters. The first-order chi connectivity index (χ1) is 11.7. The quantitative estimate of drug-likeness (QED) is 0.751. The molecule has 0 unspecified atom stereocenters. The highest BCUT2D eigenvalue weighted by atomic mass is 35.5. The number of likely N-dealkylation sites (N-methyl/N-ethyl adjacent to an activating group) is 1. The molecule has 2 aromatic rings. The topological polar surface area (TPSA) is 32.3 Å². The van der Waals surface area contributed by atoms with Crippen molar-refractivity contribution in [3.63, 3.8) is 0 Å². The number of fused-ring (bicyclic) bond motifs is 1. The Kier molecular flexibility index (Phi) is 6.38. The van der Waals surface area contributed by atoms with Crippen molar-refractivity contribution in [2.75, 3.05) is 18.9 Å². The molecule has 0 spiro atoms. The second-order valence-electron chi connectivity index (χ2n) is 7.87. The minimum atomic E-state index is -0.133. The van der Waals surface area contributed by atoms with Crippen LogP contribution in [0.1, 0.15) is 47.8 Å². The maximum atomic E-state index is 12.6. The lowest BCUT2D eigenvalue weighted by Gasteiger charge is -2.25. The number of hydrogen-bond donors (Lipinski definition) is 1. The van der Waals surface area contributed by atoms with Crippen LogP contribution in [0.3, 0.4) is 0 Å². The molecule has 5 heteroatoms. The van der Waals surface area contributed by atoms with Crippen molar-refractivity contribution in [1.82, 2.24) is 4.90 Å². The van der Waals surface area contributed by atoms with E-state index in [4.69, 9.17) is 11.6 Å². The fourth-order valence-electron chi connectivity index (χ4n) is 3.24. The molecule has 0 saturated carbocycles. The second-order valence-corrected chi connectivity index (χ2v) is 8.28. The number of amides is 1. The lowest BCUT2D eigenvalue weighted by atomic mass is 9.86. The molecule has 1 heterocycles. The highest BCUT2D eigenvalue weighted by molar-refractivity contribution is 6.32. The van der Waals surface area contributed by atoms with E-state index < -0.39 is 0 Å². The van der Waals surface area contributed by atoms with Gasteiger partial charge in [-0.15, -0.1) is 12.4 Å². The predicted molar refractivity (Wildman–Crippen MR) is 112 cm³/mol. The Bertz CT molecular complexity index is 812. The largest absolute Gasteiger partial charge is 0.322 e. The van der Waals surface area contributed by atoms with Crippen LogP contribution in [0.5, 0.6) is 0 Å². The van der Waals surface area contributed by atoms with Crippen LogP contribution in [0.2, 0.25) is 5.02 Å². The number of nitrogens with zero attached hydrogens (tertiary/aromatic N) is 1. The maximum Gasteiger partial charge on any atom is 0.255 e. The Morgan fingerprint density at radius 3 is 2.50 bits per heavy atom. The standard InChI is InChI=1S/C21H25ClN2O.ClH/c1-21(2,3)18-8-6-15(12-19(18)22)20(25)23-17-7-5-14-9-10-24(4)13-16(14)11-17;/h5-8,11-12H,9-10,13H2,1-4H3,(H,23,25);1H. The van der Waals surface area contributed by atoms with Crippen molar-refractivity contribution in [1.29, 1.82) is 0 Å². The van der Waals surface area contributed by atoms with Crippen LogP contribution in [0.25, 0.3) is 0 Å². The van der Waals surface area contributed by atoms with Crippen LogP contribution in [-0.4, -0.2) is 24.4 Å². The molecular weight excluding hydrogens is 367 g/mol. The third kappa shape index (κ3) is 4.59. The minimum absolute atomic E-state index is 0. The summed E-state index contributed by atoms with van der Waals surface area (Å²) in [6.45, 7) is 8.33. The Hall–Kier alpha value is -1.55. The first-order valence-electron chi connectivity index (χ1n) is 8.66. The zero-order chi connectivity index (χ0) is 18.2. The summed E-state index contributed by atoms with van der Waals surface area (Å²) in [6, 6.07) is 11.7. The SMILES string of the molecule is CN1CCc2ccc(NC(=O)c3ccc(C(C)(C)C)c(Cl)c3)cc2C1.Cl. The van der Waals surface area contributed by atoms with Gasteiger partial charge in [-0.25, -0.2) is 0 Å². The van der Waals surface area contributed by atoms with E-state index in [0.717, 1.165) is 30.8 Å². The van der Waals surface area contributed by atoms with E-state index in [1.807, 2.05) is 18.2 Å². The average Bonchev–Trinajstić information content (AvgIpc) is 2.53. The van der Waals surface area contributed by atoms with Crippen LogP contribution >= 0.6 is 24.0 Å². The smallest absolute Gasteiger partial charge is 0.255 e. The Morgan fingerprint density at radius 2 is 1.85 bits per heavy atom. The van der Waals surface area contributed by atoms with E-state index in [-0.39, 0.29) is 23.7 Å². The van der Waals surface area contributed by atoms with Gasteiger partial charge in [-0.05, 0) is 59.8 Å². The number of carbonyl (C=O) groups excluding carboxylic acids is 1. The Morgan fingerprint density at radius 1 is 1.12 bits per heavy atom. The number of nitrogens with one attached hydrogen (secondary N) is 1. The monoisotopic (exact) mass is 392 g/mol. The van der Waals surface area contributed by atoms with E-state index in [1.54, 1.807) is 6.07 Å². The van der Waals surface area contributed by atoms with Gasteiger partial charge in [-0.3, -0.25) is 4.79 Å². The number of carbonyl (C=O) groups is 1. The van der Waals surface area contributed by atoms with Gasteiger partial charge in [0.15, 0.2) is 0 Å². The molecule has 3 rings (SSSR count). The normalized spacial score (nSPS) is 14.3. The minimum Gasteiger partial charge on any atom is -0.322 e. The summed E-state index contributed by atoms with van der Waals surface area (Å²) in [4.78, 5) is 14.9. The van der Waals surface area contributed by atoms with Crippen LogP contribution < -0.4 is 5.32 Å². The van der Waals surface area contributed by atoms with Crippen molar-refractivity contribution in [3.8, 4) is 0 Å². The highest BCUT2D eigenvalue weighted by Gasteiger charge is 2.19. The summed E-state index contributed by atoms with van der Waals surface area (Å²) >= 11 is 6.39. The van der Waals surface area contributed by atoms with Gasteiger partial charge in [0.25, 0.3) is 5.91 Å². The lowest BCUT2D eigenvalue weighted by molar-refractivity contribution is 0.102. The van der Waals surface area contributed by atoms with E-state index in [0.29, 0.717) is 10.6 Å². The van der Waals surface area contributed by atoms with E-state index in [1.165, 1.54) is 11.1 Å². The van der Waals surface area contributed by atoms with E-state index in [9.17, 15) is 4.79 Å². The second kappa shape index (κ2) is 7.99. The molecule has 1 N–H and O–H groups in total. The van der Waals surface area contributed by atoms with Crippen molar-refractivity contribution >= 4 is 35.6 Å². The van der Waals surface area contributed by atoms with Gasteiger partial charge >= 0.3 is 0 Å². The maximum absolute atomic E-state index is 12.6. The molecule has 140 valence electrons. The molecule has 1 aliphatic rings. The average molecular weight is 393 g/mol. The summed E-state index contributed by atoms with van der Waals surface area (Å²) < 4.78 is 0. The van der Waals surface area contributed by atoms with Crippen LogP contribution in [0, 0.1) is 0 Å². The molecule has 0 aliphatic carbocycles. The molecule has 2 aromatic carbocycles. The van der Waals surface area contributed by atoms with Gasteiger partial charge in [0.1, 0.15) is 0 Å². The Balaban J connectivity index is 0.00000243. The summed E-state index contributed by atoms with van der Waals surface area (Å²) in [6.07, 6.45) is 1.06. The molecular formula is C21H26Cl2N2O. The summed E-state index contributed by atoms with van der Waals surface area (Å²) in [5.41, 5.74) is 5.06. The highest BCUT2D eigenvalue weighted by Crippen LogP contribution is 2.30. The number of anilines is 1. The fraction of sp³-hybridized carbons (Fsp3) is 0.381. The predicted octanol–water partition coefficient (Wildman–Crippen LogP) is 5.30. The molecule has 0 radical (unpaired) electrons. The third-order valence-corrected chi connectivity index (χ3v) is 5.02. The molecule has 0 aromatic heterocycles. The van der Waals surface area contributed by atoms with Gasteiger partial charge in [-0.1, -0.05) is 44.5 Å². The molecule has 0 saturated heterocycles. The number of halogens is 2. The molecule has 3 nitrogen and oxygen atoms in total. The van der Waals surface area contributed by atoms with Crippen molar-refractivity contribution in [3.05, 3.63) is 63.7 Å². The number of hydrogen-bond acceptors (Lipinski definition) is 2. The molecule has 0 fully saturated rings. The van der Waals surface area contributed by atoms with Crippen molar-refractivity contribution in [2.24, 2.45) is 0 Å². The third-order valence-electron chi connectivity index (χ3n) is 4.71. The fourth-order valence-corrected chi connectivity index (χ4v) is 3.71. The number of benzene rings is 2. The van der Waals surface area contributed by atoms with Crippen molar-refractivity contribution < 1.29 is 4.79 Å². The van der Waals surface area contributed by atoms with E-state index in [2.05, 4.69) is 50.2 Å². The Labute approximate surface area is 167 Å². The summed E-state index contributed by atoms with van der Waals surface area (Å²) in [7, 11) is 2.12. The van der Waals surface area contributed by atoms with Crippen LogP contribution in [0.15, 0.2) is 36.4 Å². The van der Waals surface area contributed by atoms with Gasteiger partial charge < -0.3 is 10.2 Å². The molecule has 26 heavy (non-hydrogen) atoms. The number of rotatable bonds is 2.